The molecule has 106 valence electrons. The van der Waals surface area contributed by atoms with E-state index in [2.05, 4.69) is 15.0 Å². The molecule has 2 N–H and O–H groups in total. The van der Waals surface area contributed by atoms with Crippen LogP contribution < -0.4 is 10.0 Å². The van der Waals surface area contributed by atoms with Crippen LogP contribution in [0.1, 0.15) is 19.8 Å². The Morgan fingerprint density at radius 1 is 1.42 bits per heavy atom. The van der Waals surface area contributed by atoms with E-state index in [-0.39, 0.29) is 10.9 Å². The van der Waals surface area contributed by atoms with Crippen LogP contribution >= 0.6 is 0 Å². The number of hydrogen-bond acceptors (Lipinski definition) is 5. The lowest BCUT2D eigenvalue weighted by Crippen LogP contribution is -2.39. The largest absolute Gasteiger partial charge is 0.381 e. The summed E-state index contributed by atoms with van der Waals surface area (Å²) in [5.74, 6) is 0.393. The highest BCUT2D eigenvalue weighted by Crippen LogP contribution is 2.19. The fourth-order valence-electron chi connectivity index (χ4n) is 2.01. The number of rotatable bonds is 5. The van der Waals surface area contributed by atoms with Gasteiger partial charge >= 0.3 is 0 Å². The quantitative estimate of drug-likeness (QED) is 0.842. The number of pyridine rings is 1. The molecule has 1 aromatic heterocycles. The molecule has 1 saturated heterocycles. The standard InChI is InChI=1S/C12H19N3O3S/c1-2-13-12-11(4-3-7-14-12)19(16,17)15-10-5-8-18-9-6-10/h3-4,7,10,15H,2,5-6,8-9H2,1H3,(H,13,14). The highest BCUT2D eigenvalue weighted by Gasteiger charge is 2.24. The minimum absolute atomic E-state index is 0.0616. The molecule has 1 aromatic rings. The maximum absolute atomic E-state index is 12.4. The smallest absolute Gasteiger partial charge is 0.244 e. The molecule has 7 heteroatoms. The van der Waals surface area contributed by atoms with E-state index in [4.69, 9.17) is 4.74 Å². The van der Waals surface area contributed by atoms with E-state index in [1.807, 2.05) is 6.92 Å². The maximum Gasteiger partial charge on any atom is 0.244 e. The minimum atomic E-state index is -3.54. The van der Waals surface area contributed by atoms with Gasteiger partial charge in [-0.1, -0.05) is 0 Å². The molecule has 1 fully saturated rings. The Hall–Kier alpha value is -1.18. The first-order chi connectivity index (χ1) is 9.13. The molecule has 0 aromatic carbocycles. The van der Waals surface area contributed by atoms with Gasteiger partial charge in [0.05, 0.1) is 0 Å². The number of hydrogen-bond donors (Lipinski definition) is 2. The fourth-order valence-corrected chi connectivity index (χ4v) is 3.44. The zero-order chi connectivity index (χ0) is 13.7. The molecule has 0 aliphatic carbocycles. The molecule has 0 bridgehead atoms. The maximum atomic E-state index is 12.4. The molecule has 2 heterocycles. The van der Waals surface area contributed by atoms with Gasteiger partial charge in [-0.3, -0.25) is 0 Å². The Morgan fingerprint density at radius 2 is 2.16 bits per heavy atom. The van der Waals surface area contributed by atoms with Crippen LogP contribution in [0.2, 0.25) is 0 Å². The van der Waals surface area contributed by atoms with Gasteiger partial charge in [0.2, 0.25) is 10.0 Å². The Morgan fingerprint density at radius 3 is 2.84 bits per heavy atom. The van der Waals surface area contributed by atoms with Crippen molar-refractivity contribution in [1.82, 2.24) is 9.71 Å². The zero-order valence-electron chi connectivity index (χ0n) is 10.9. The van der Waals surface area contributed by atoms with Gasteiger partial charge in [-0.05, 0) is 31.9 Å². The normalized spacial score (nSPS) is 17.3. The van der Waals surface area contributed by atoms with E-state index in [9.17, 15) is 8.42 Å². The monoisotopic (exact) mass is 285 g/mol. The lowest BCUT2D eigenvalue weighted by molar-refractivity contribution is 0.0832. The predicted molar refractivity (Wildman–Crippen MR) is 72.6 cm³/mol. The van der Waals surface area contributed by atoms with Crippen molar-refractivity contribution < 1.29 is 13.2 Å². The van der Waals surface area contributed by atoms with Crippen LogP contribution in [0.5, 0.6) is 0 Å². The van der Waals surface area contributed by atoms with Crippen LogP contribution in [0.4, 0.5) is 5.82 Å². The van der Waals surface area contributed by atoms with Gasteiger partial charge in [0.15, 0.2) is 0 Å². The third-order valence-corrected chi connectivity index (χ3v) is 4.50. The first-order valence-corrected chi connectivity index (χ1v) is 7.91. The zero-order valence-corrected chi connectivity index (χ0v) is 11.7. The third kappa shape index (κ3) is 3.65. The van der Waals surface area contributed by atoms with Crippen LogP contribution in [0.25, 0.3) is 0 Å². The van der Waals surface area contributed by atoms with Crippen molar-refractivity contribution in [2.75, 3.05) is 25.1 Å². The van der Waals surface area contributed by atoms with Crippen molar-refractivity contribution in [3.8, 4) is 0 Å². The fraction of sp³-hybridized carbons (Fsp3) is 0.583. The van der Waals surface area contributed by atoms with Crippen molar-refractivity contribution in [2.45, 2.75) is 30.7 Å². The van der Waals surface area contributed by atoms with E-state index in [1.165, 1.54) is 0 Å². The van der Waals surface area contributed by atoms with E-state index in [1.54, 1.807) is 18.3 Å². The van der Waals surface area contributed by atoms with E-state index < -0.39 is 10.0 Å². The molecule has 0 saturated carbocycles. The van der Waals surface area contributed by atoms with Crippen LogP contribution in [0, 0.1) is 0 Å². The molecule has 6 nitrogen and oxygen atoms in total. The van der Waals surface area contributed by atoms with Crippen LogP contribution in [-0.4, -0.2) is 39.2 Å². The van der Waals surface area contributed by atoms with E-state index >= 15 is 0 Å². The van der Waals surface area contributed by atoms with Crippen LogP contribution in [-0.2, 0) is 14.8 Å². The number of ether oxygens (including phenoxy) is 1. The van der Waals surface area contributed by atoms with Gasteiger partial charge in [0, 0.05) is 32.0 Å². The molecule has 0 amide bonds. The lowest BCUT2D eigenvalue weighted by atomic mass is 10.1. The minimum Gasteiger partial charge on any atom is -0.381 e. The first-order valence-electron chi connectivity index (χ1n) is 6.42. The van der Waals surface area contributed by atoms with Gasteiger partial charge in [0.25, 0.3) is 0 Å². The van der Waals surface area contributed by atoms with E-state index in [0.29, 0.717) is 38.4 Å². The number of anilines is 1. The topological polar surface area (TPSA) is 80.3 Å². The van der Waals surface area contributed by atoms with Gasteiger partial charge < -0.3 is 10.1 Å². The molecule has 1 aliphatic rings. The van der Waals surface area contributed by atoms with Crippen molar-refractivity contribution in [3.63, 3.8) is 0 Å². The average Bonchev–Trinajstić information content (AvgIpc) is 2.40. The molecule has 19 heavy (non-hydrogen) atoms. The summed E-state index contributed by atoms with van der Waals surface area (Å²) in [5, 5.41) is 2.96. The average molecular weight is 285 g/mol. The Labute approximate surface area is 113 Å². The van der Waals surface area contributed by atoms with Crippen molar-refractivity contribution in [3.05, 3.63) is 18.3 Å². The summed E-state index contributed by atoms with van der Waals surface area (Å²) in [4.78, 5) is 4.27. The number of nitrogens with one attached hydrogen (secondary N) is 2. The lowest BCUT2D eigenvalue weighted by Gasteiger charge is -2.23. The molecule has 0 atom stereocenters. The Kier molecular flexibility index (Phi) is 4.73. The van der Waals surface area contributed by atoms with Crippen molar-refractivity contribution >= 4 is 15.8 Å². The van der Waals surface area contributed by atoms with Crippen molar-refractivity contribution in [2.24, 2.45) is 0 Å². The first kappa shape index (κ1) is 14.2. The molecule has 0 spiro atoms. The second-order valence-corrected chi connectivity index (χ2v) is 6.07. The number of nitrogens with zero attached hydrogens (tertiary/aromatic N) is 1. The molecule has 0 radical (unpaired) electrons. The summed E-state index contributed by atoms with van der Waals surface area (Å²) in [6.45, 7) is 3.72. The molecular formula is C12H19N3O3S. The van der Waals surface area contributed by atoms with Crippen molar-refractivity contribution in [1.29, 1.82) is 0 Å². The van der Waals surface area contributed by atoms with Gasteiger partial charge in [-0.25, -0.2) is 18.1 Å². The summed E-state index contributed by atoms with van der Waals surface area (Å²) in [6, 6.07) is 3.12. The highest BCUT2D eigenvalue weighted by atomic mass is 32.2. The third-order valence-electron chi connectivity index (χ3n) is 2.95. The number of sulfonamides is 1. The summed E-state index contributed by atoms with van der Waals surface area (Å²) >= 11 is 0. The van der Waals surface area contributed by atoms with Gasteiger partial charge in [-0.15, -0.1) is 0 Å². The molecule has 2 rings (SSSR count). The second-order valence-electron chi connectivity index (χ2n) is 4.39. The van der Waals surface area contributed by atoms with Crippen LogP contribution in [0.3, 0.4) is 0 Å². The molecule has 1 aliphatic heterocycles. The Bertz CT molecular complexity index is 513. The van der Waals surface area contributed by atoms with Crippen LogP contribution in [0.15, 0.2) is 23.2 Å². The van der Waals surface area contributed by atoms with Gasteiger partial charge in [0.1, 0.15) is 10.7 Å². The summed E-state index contributed by atoms with van der Waals surface area (Å²) < 4.78 is 32.7. The van der Waals surface area contributed by atoms with E-state index in [0.717, 1.165) is 0 Å². The summed E-state index contributed by atoms with van der Waals surface area (Å²) in [5.41, 5.74) is 0. The Balaban J connectivity index is 2.18. The summed E-state index contributed by atoms with van der Waals surface area (Å²) in [7, 11) is -3.54. The molecule has 0 unspecified atom stereocenters. The molecular weight excluding hydrogens is 266 g/mol. The SMILES string of the molecule is CCNc1ncccc1S(=O)(=O)NC1CCOCC1. The van der Waals surface area contributed by atoms with Gasteiger partial charge in [-0.2, -0.15) is 0 Å². The second kappa shape index (κ2) is 6.31. The number of aromatic nitrogens is 1. The predicted octanol–water partition coefficient (Wildman–Crippen LogP) is 0.971. The summed E-state index contributed by atoms with van der Waals surface area (Å²) in [6.07, 6.45) is 2.98. The highest BCUT2D eigenvalue weighted by molar-refractivity contribution is 7.89.